The number of ether oxygens (including phenoxy) is 1. The summed E-state index contributed by atoms with van der Waals surface area (Å²) in [5.74, 6) is 0.731. The van der Waals surface area contributed by atoms with Crippen molar-refractivity contribution in [1.82, 2.24) is 0 Å². The fraction of sp³-hybridized carbons (Fsp3) is 0.533. The predicted molar refractivity (Wildman–Crippen MR) is 69.9 cm³/mol. The van der Waals surface area contributed by atoms with E-state index in [0.29, 0.717) is 24.9 Å². The van der Waals surface area contributed by atoms with Gasteiger partial charge in [-0.3, -0.25) is 4.79 Å². The molecule has 1 atom stereocenters. The maximum Gasteiger partial charge on any atom is 0.305 e. The molecule has 0 aliphatic heterocycles. The molecule has 0 amide bonds. The van der Waals surface area contributed by atoms with Gasteiger partial charge in [-0.2, -0.15) is 0 Å². The van der Waals surface area contributed by atoms with E-state index in [0.717, 1.165) is 6.42 Å². The molecule has 1 rings (SSSR count). The topological polar surface area (TPSA) is 26.3 Å². The molecule has 0 saturated carbocycles. The Morgan fingerprint density at radius 1 is 1.18 bits per heavy atom. The van der Waals surface area contributed by atoms with Crippen LogP contribution in [-0.4, -0.2) is 12.6 Å². The van der Waals surface area contributed by atoms with Crippen molar-refractivity contribution in [3.8, 4) is 0 Å². The maximum absolute atomic E-state index is 11.5. The normalized spacial score (nSPS) is 12.5. The minimum Gasteiger partial charge on any atom is -0.465 e. The molecule has 0 aliphatic carbocycles. The van der Waals surface area contributed by atoms with Crippen LogP contribution in [0, 0.1) is 5.92 Å². The van der Waals surface area contributed by atoms with Gasteiger partial charge in [0.1, 0.15) is 0 Å². The highest BCUT2D eigenvalue weighted by molar-refractivity contribution is 5.69. The molecule has 0 radical (unpaired) electrons. The first-order chi connectivity index (χ1) is 8.09. The van der Waals surface area contributed by atoms with Gasteiger partial charge in [0, 0.05) is 6.42 Å². The summed E-state index contributed by atoms with van der Waals surface area (Å²) in [6.45, 7) is 6.75. The first kappa shape index (κ1) is 13.8. The summed E-state index contributed by atoms with van der Waals surface area (Å²) >= 11 is 0. The van der Waals surface area contributed by atoms with Crippen LogP contribution < -0.4 is 0 Å². The Kier molecular flexibility index (Phi) is 5.75. The van der Waals surface area contributed by atoms with E-state index in [2.05, 4.69) is 19.1 Å². The Balaban J connectivity index is 2.29. The molecule has 2 nitrogen and oxygen atoms in total. The Morgan fingerprint density at radius 2 is 1.82 bits per heavy atom. The molecule has 1 aromatic rings. The standard InChI is InChI=1S/C15H22O2/c1-12(2)11-17-15(16)10-9-13(3)14-7-5-4-6-8-14/h4-8,12-13H,9-11H2,1-3H3. The van der Waals surface area contributed by atoms with Crippen LogP contribution in [0.1, 0.15) is 45.1 Å². The Morgan fingerprint density at radius 3 is 2.41 bits per heavy atom. The third-order valence-electron chi connectivity index (χ3n) is 2.73. The van der Waals surface area contributed by atoms with Crippen LogP contribution in [0.15, 0.2) is 30.3 Å². The fourth-order valence-electron chi connectivity index (χ4n) is 1.61. The zero-order chi connectivity index (χ0) is 12.7. The highest BCUT2D eigenvalue weighted by Gasteiger charge is 2.09. The maximum atomic E-state index is 11.5. The minimum absolute atomic E-state index is 0.0820. The van der Waals surface area contributed by atoms with Crippen molar-refractivity contribution in [3.05, 3.63) is 35.9 Å². The van der Waals surface area contributed by atoms with Crippen molar-refractivity contribution < 1.29 is 9.53 Å². The SMILES string of the molecule is CC(C)COC(=O)CCC(C)c1ccccc1. The summed E-state index contributed by atoms with van der Waals surface area (Å²) in [6.07, 6.45) is 1.35. The van der Waals surface area contributed by atoms with Crippen LogP contribution in [0.4, 0.5) is 0 Å². The van der Waals surface area contributed by atoms with Gasteiger partial charge in [0.25, 0.3) is 0 Å². The van der Waals surface area contributed by atoms with Crippen molar-refractivity contribution in [1.29, 1.82) is 0 Å². The van der Waals surface area contributed by atoms with Crippen LogP contribution >= 0.6 is 0 Å². The Hall–Kier alpha value is -1.31. The molecule has 1 aromatic carbocycles. The molecular weight excluding hydrogens is 212 g/mol. The molecular formula is C15H22O2. The largest absolute Gasteiger partial charge is 0.465 e. The van der Waals surface area contributed by atoms with E-state index in [1.807, 2.05) is 32.0 Å². The molecule has 0 spiro atoms. The first-order valence-corrected chi connectivity index (χ1v) is 6.30. The first-order valence-electron chi connectivity index (χ1n) is 6.30. The number of hydrogen-bond acceptors (Lipinski definition) is 2. The summed E-state index contributed by atoms with van der Waals surface area (Å²) in [7, 11) is 0. The second kappa shape index (κ2) is 7.10. The van der Waals surface area contributed by atoms with E-state index in [9.17, 15) is 4.79 Å². The van der Waals surface area contributed by atoms with Gasteiger partial charge in [-0.25, -0.2) is 0 Å². The zero-order valence-electron chi connectivity index (χ0n) is 11.0. The number of benzene rings is 1. The van der Waals surface area contributed by atoms with E-state index < -0.39 is 0 Å². The molecule has 0 saturated heterocycles. The quantitative estimate of drug-likeness (QED) is 0.700. The molecule has 0 bridgehead atoms. The summed E-state index contributed by atoms with van der Waals surface area (Å²) in [5, 5.41) is 0. The molecule has 1 unspecified atom stereocenters. The number of rotatable bonds is 6. The molecule has 0 N–H and O–H groups in total. The third kappa shape index (κ3) is 5.53. The van der Waals surface area contributed by atoms with Crippen LogP contribution in [0.2, 0.25) is 0 Å². The van der Waals surface area contributed by atoms with Crippen molar-refractivity contribution in [3.63, 3.8) is 0 Å². The monoisotopic (exact) mass is 234 g/mol. The lowest BCUT2D eigenvalue weighted by atomic mass is 9.96. The average Bonchev–Trinajstić information content (AvgIpc) is 2.34. The van der Waals surface area contributed by atoms with Gasteiger partial charge in [0.2, 0.25) is 0 Å². The second-order valence-corrected chi connectivity index (χ2v) is 4.93. The third-order valence-corrected chi connectivity index (χ3v) is 2.73. The summed E-state index contributed by atoms with van der Waals surface area (Å²) < 4.78 is 5.15. The fourth-order valence-corrected chi connectivity index (χ4v) is 1.61. The van der Waals surface area contributed by atoms with Gasteiger partial charge in [-0.15, -0.1) is 0 Å². The van der Waals surface area contributed by atoms with Gasteiger partial charge >= 0.3 is 5.97 Å². The summed E-state index contributed by atoms with van der Waals surface area (Å²) in [4.78, 5) is 11.5. The molecule has 0 fully saturated rings. The number of carbonyl (C=O) groups is 1. The Bertz CT molecular complexity index is 330. The molecule has 0 aromatic heterocycles. The van der Waals surface area contributed by atoms with Crippen LogP contribution in [-0.2, 0) is 9.53 Å². The van der Waals surface area contributed by atoms with E-state index in [1.54, 1.807) is 0 Å². The number of hydrogen-bond donors (Lipinski definition) is 0. The van der Waals surface area contributed by atoms with E-state index in [4.69, 9.17) is 4.74 Å². The zero-order valence-corrected chi connectivity index (χ0v) is 11.0. The molecule has 17 heavy (non-hydrogen) atoms. The highest BCUT2D eigenvalue weighted by atomic mass is 16.5. The van der Waals surface area contributed by atoms with Gasteiger partial charge in [-0.05, 0) is 23.8 Å². The molecule has 94 valence electrons. The van der Waals surface area contributed by atoms with E-state index in [-0.39, 0.29) is 5.97 Å². The van der Waals surface area contributed by atoms with Crippen molar-refractivity contribution in [2.75, 3.05) is 6.61 Å². The van der Waals surface area contributed by atoms with Crippen LogP contribution in [0.25, 0.3) is 0 Å². The average molecular weight is 234 g/mol. The van der Waals surface area contributed by atoms with Crippen molar-refractivity contribution >= 4 is 5.97 Å². The lowest BCUT2D eigenvalue weighted by Gasteiger charge is -2.12. The van der Waals surface area contributed by atoms with Crippen LogP contribution in [0.3, 0.4) is 0 Å². The van der Waals surface area contributed by atoms with Gasteiger partial charge in [-0.1, -0.05) is 51.1 Å². The second-order valence-electron chi connectivity index (χ2n) is 4.93. The highest BCUT2D eigenvalue weighted by Crippen LogP contribution is 2.20. The summed E-state index contributed by atoms with van der Waals surface area (Å²) in [6, 6.07) is 10.3. The molecule has 0 heterocycles. The lowest BCUT2D eigenvalue weighted by molar-refractivity contribution is -0.144. The predicted octanol–water partition coefficient (Wildman–Crippen LogP) is 3.77. The van der Waals surface area contributed by atoms with Crippen molar-refractivity contribution in [2.24, 2.45) is 5.92 Å². The summed E-state index contributed by atoms with van der Waals surface area (Å²) in [5.41, 5.74) is 1.28. The molecule has 2 heteroatoms. The van der Waals surface area contributed by atoms with E-state index >= 15 is 0 Å². The Labute approximate surface area is 104 Å². The smallest absolute Gasteiger partial charge is 0.305 e. The van der Waals surface area contributed by atoms with Gasteiger partial charge < -0.3 is 4.74 Å². The molecule has 0 aliphatic rings. The number of carbonyl (C=O) groups excluding carboxylic acids is 1. The van der Waals surface area contributed by atoms with Crippen LogP contribution in [0.5, 0.6) is 0 Å². The van der Waals surface area contributed by atoms with Gasteiger partial charge in [0.15, 0.2) is 0 Å². The van der Waals surface area contributed by atoms with Crippen molar-refractivity contribution in [2.45, 2.75) is 39.5 Å². The number of esters is 1. The van der Waals surface area contributed by atoms with Gasteiger partial charge in [0.05, 0.1) is 6.61 Å². The minimum atomic E-state index is -0.0820. The van der Waals surface area contributed by atoms with E-state index in [1.165, 1.54) is 5.56 Å². The lowest BCUT2D eigenvalue weighted by Crippen LogP contribution is -2.10.